The van der Waals surface area contributed by atoms with Crippen LogP contribution in [0.3, 0.4) is 0 Å². The van der Waals surface area contributed by atoms with Crippen LogP contribution in [-0.2, 0) is 4.74 Å². The average molecular weight is 395 g/mol. The predicted molar refractivity (Wildman–Crippen MR) is 110 cm³/mol. The van der Waals surface area contributed by atoms with Gasteiger partial charge in [0.05, 0.1) is 5.69 Å². The SMILES string of the molecule is CC(C)(C)OC(=O)Nc1ccc(C(=O)Nc2cc(-n3cccc3)ccc2F)cc1. The third kappa shape index (κ3) is 5.44. The van der Waals surface area contributed by atoms with E-state index in [2.05, 4.69) is 10.6 Å². The van der Waals surface area contributed by atoms with Crippen LogP contribution >= 0.6 is 0 Å². The number of amides is 2. The fraction of sp³-hybridized carbons (Fsp3) is 0.182. The molecule has 0 saturated heterocycles. The minimum Gasteiger partial charge on any atom is -0.444 e. The van der Waals surface area contributed by atoms with E-state index in [-0.39, 0.29) is 5.69 Å². The molecule has 150 valence electrons. The quantitative estimate of drug-likeness (QED) is 0.636. The third-order valence-electron chi connectivity index (χ3n) is 3.89. The first-order valence-corrected chi connectivity index (χ1v) is 9.05. The van der Waals surface area contributed by atoms with E-state index in [1.807, 2.05) is 29.1 Å². The number of rotatable bonds is 4. The van der Waals surface area contributed by atoms with Crippen molar-refractivity contribution >= 4 is 23.4 Å². The predicted octanol–water partition coefficient (Wildman–Crippen LogP) is 5.22. The maximum atomic E-state index is 14.1. The van der Waals surface area contributed by atoms with E-state index in [1.54, 1.807) is 45.0 Å². The number of aromatic nitrogens is 1. The Morgan fingerprint density at radius 1 is 0.966 bits per heavy atom. The molecule has 0 spiro atoms. The summed E-state index contributed by atoms with van der Waals surface area (Å²) in [5.74, 6) is -0.991. The Kier molecular flexibility index (Phi) is 5.68. The first kappa shape index (κ1) is 20.1. The number of carbonyl (C=O) groups excluding carboxylic acids is 2. The molecule has 2 aromatic carbocycles. The summed E-state index contributed by atoms with van der Waals surface area (Å²) in [6, 6.07) is 14.4. The molecule has 0 saturated carbocycles. The highest BCUT2D eigenvalue weighted by Crippen LogP contribution is 2.21. The number of nitrogens with zero attached hydrogens (tertiary/aromatic N) is 1. The zero-order valence-electron chi connectivity index (χ0n) is 16.4. The van der Waals surface area contributed by atoms with Gasteiger partial charge in [0.2, 0.25) is 0 Å². The summed E-state index contributed by atoms with van der Waals surface area (Å²) in [6.07, 6.45) is 3.07. The normalized spacial score (nSPS) is 11.0. The number of ether oxygens (including phenoxy) is 1. The molecule has 0 aliphatic carbocycles. The molecule has 6 nitrogen and oxygen atoms in total. The second-order valence-corrected chi connectivity index (χ2v) is 7.41. The van der Waals surface area contributed by atoms with Crippen molar-refractivity contribution in [1.82, 2.24) is 4.57 Å². The second-order valence-electron chi connectivity index (χ2n) is 7.41. The van der Waals surface area contributed by atoms with Gasteiger partial charge in [0.1, 0.15) is 11.4 Å². The van der Waals surface area contributed by atoms with E-state index in [9.17, 15) is 14.0 Å². The molecule has 3 rings (SSSR count). The maximum Gasteiger partial charge on any atom is 0.412 e. The van der Waals surface area contributed by atoms with Crippen molar-refractivity contribution in [2.45, 2.75) is 26.4 Å². The van der Waals surface area contributed by atoms with Crippen molar-refractivity contribution in [3.05, 3.63) is 78.4 Å². The lowest BCUT2D eigenvalue weighted by Gasteiger charge is -2.19. The fourth-order valence-electron chi connectivity index (χ4n) is 2.60. The number of anilines is 2. The Labute approximate surface area is 168 Å². The Balaban J connectivity index is 1.68. The van der Waals surface area contributed by atoms with Gasteiger partial charge in [-0.2, -0.15) is 0 Å². The zero-order chi connectivity index (χ0) is 21.0. The highest BCUT2D eigenvalue weighted by molar-refractivity contribution is 6.04. The van der Waals surface area contributed by atoms with Crippen molar-refractivity contribution in [3.63, 3.8) is 0 Å². The lowest BCUT2D eigenvalue weighted by molar-refractivity contribution is 0.0636. The molecule has 3 aromatic rings. The van der Waals surface area contributed by atoms with Gasteiger partial charge in [0.25, 0.3) is 5.91 Å². The van der Waals surface area contributed by atoms with E-state index < -0.39 is 23.4 Å². The molecule has 0 bridgehead atoms. The van der Waals surface area contributed by atoms with Crippen LogP contribution in [0.2, 0.25) is 0 Å². The number of hydrogen-bond donors (Lipinski definition) is 2. The molecule has 7 heteroatoms. The molecule has 2 N–H and O–H groups in total. The standard InChI is InChI=1S/C22H22FN3O3/c1-22(2,3)29-21(28)24-16-8-6-15(7-9-16)20(27)25-19-14-17(10-11-18(19)23)26-12-4-5-13-26/h4-14H,1-3H3,(H,24,28)(H,25,27). The zero-order valence-corrected chi connectivity index (χ0v) is 16.4. The molecule has 0 radical (unpaired) electrons. The average Bonchev–Trinajstić information content (AvgIpc) is 3.17. The number of benzene rings is 2. The summed E-state index contributed by atoms with van der Waals surface area (Å²) in [4.78, 5) is 24.3. The van der Waals surface area contributed by atoms with Crippen molar-refractivity contribution in [1.29, 1.82) is 0 Å². The lowest BCUT2D eigenvalue weighted by atomic mass is 10.2. The van der Waals surface area contributed by atoms with Gasteiger partial charge in [-0.1, -0.05) is 0 Å². The summed E-state index contributed by atoms with van der Waals surface area (Å²) >= 11 is 0. The van der Waals surface area contributed by atoms with Gasteiger partial charge < -0.3 is 14.6 Å². The van der Waals surface area contributed by atoms with Crippen LogP contribution < -0.4 is 10.6 Å². The van der Waals surface area contributed by atoms with Gasteiger partial charge in [-0.15, -0.1) is 0 Å². The molecule has 0 fully saturated rings. The van der Waals surface area contributed by atoms with E-state index in [4.69, 9.17) is 4.74 Å². The topological polar surface area (TPSA) is 72.4 Å². The van der Waals surface area contributed by atoms with Crippen LogP contribution in [-0.4, -0.2) is 22.2 Å². The maximum absolute atomic E-state index is 14.1. The number of carbonyl (C=O) groups is 2. The first-order valence-electron chi connectivity index (χ1n) is 9.05. The highest BCUT2D eigenvalue weighted by atomic mass is 19.1. The van der Waals surface area contributed by atoms with Crippen molar-refractivity contribution in [2.75, 3.05) is 10.6 Å². The number of nitrogens with one attached hydrogen (secondary N) is 2. The molecule has 2 amide bonds. The van der Waals surface area contributed by atoms with Crippen LogP contribution in [0, 0.1) is 5.82 Å². The summed E-state index contributed by atoms with van der Waals surface area (Å²) in [5, 5.41) is 5.17. The first-order chi connectivity index (χ1) is 13.7. The van der Waals surface area contributed by atoms with Crippen LogP contribution in [0.15, 0.2) is 67.0 Å². The van der Waals surface area contributed by atoms with Crippen molar-refractivity contribution in [2.24, 2.45) is 0 Å². The summed E-state index contributed by atoms with van der Waals surface area (Å²) < 4.78 is 21.1. The number of halogens is 1. The third-order valence-corrected chi connectivity index (χ3v) is 3.89. The van der Waals surface area contributed by atoms with Gasteiger partial charge >= 0.3 is 6.09 Å². The van der Waals surface area contributed by atoms with Crippen LogP contribution in [0.1, 0.15) is 31.1 Å². The van der Waals surface area contributed by atoms with Crippen LogP contribution in [0.4, 0.5) is 20.6 Å². The van der Waals surface area contributed by atoms with E-state index in [1.165, 1.54) is 18.2 Å². The van der Waals surface area contributed by atoms with E-state index >= 15 is 0 Å². The summed E-state index contributed by atoms with van der Waals surface area (Å²) in [7, 11) is 0. The fourth-order valence-corrected chi connectivity index (χ4v) is 2.60. The Bertz CT molecular complexity index is 1010. The van der Waals surface area contributed by atoms with Crippen molar-refractivity contribution < 1.29 is 18.7 Å². The molecule has 0 unspecified atom stereocenters. The molecule has 0 aliphatic heterocycles. The minimum atomic E-state index is -0.608. The van der Waals surface area contributed by atoms with E-state index in [0.29, 0.717) is 11.3 Å². The van der Waals surface area contributed by atoms with Gasteiger partial charge in [0.15, 0.2) is 0 Å². The Morgan fingerprint density at radius 2 is 1.62 bits per heavy atom. The van der Waals surface area contributed by atoms with Crippen LogP contribution in [0.25, 0.3) is 5.69 Å². The van der Waals surface area contributed by atoms with Gasteiger partial charge in [-0.05, 0) is 75.4 Å². The molecule has 1 heterocycles. The molecular weight excluding hydrogens is 373 g/mol. The smallest absolute Gasteiger partial charge is 0.412 e. The summed E-state index contributed by atoms with van der Waals surface area (Å²) in [5.41, 5.74) is 1.01. The summed E-state index contributed by atoms with van der Waals surface area (Å²) in [6.45, 7) is 5.30. The Hall–Kier alpha value is -3.61. The molecule has 1 aromatic heterocycles. The molecule has 0 atom stereocenters. The molecule has 0 aliphatic rings. The minimum absolute atomic E-state index is 0.0807. The van der Waals surface area contributed by atoms with Gasteiger partial charge in [-0.3, -0.25) is 10.1 Å². The number of hydrogen-bond acceptors (Lipinski definition) is 3. The van der Waals surface area contributed by atoms with Crippen molar-refractivity contribution in [3.8, 4) is 5.69 Å². The Morgan fingerprint density at radius 3 is 2.24 bits per heavy atom. The van der Waals surface area contributed by atoms with Gasteiger partial charge in [0, 0.05) is 29.3 Å². The monoisotopic (exact) mass is 395 g/mol. The highest BCUT2D eigenvalue weighted by Gasteiger charge is 2.16. The van der Waals surface area contributed by atoms with E-state index in [0.717, 1.165) is 5.69 Å². The second kappa shape index (κ2) is 8.18. The lowest BCUT2D eigenvalue weighted by Crippen LogP contribution is -2.27. The molecule has 29 heavy (non-hydrogen) atoms. The largest absolute Gasteiger partial charge is 0.444 e. The van der Waals surface area contributed by atoms with Crippen LogP contribution in [0.5, 0.6) is 0 Å². The van der Waals surface area contributed by atoms with Gasteiger partial charge in [-0.25, -0.2) is 9.18 Å². The molecular formula is C22H22FN3O3.